The number of carbonyl (C=O) groups excluding carboxylic acids is 2. The highest BCUT2D eigenvalue weighted by atomic mass is 35.5. The zero-order chi connectivity index (χ0) is 17.1. The fourth-order valence-corrected chi connectivity index (χ4v) is 2.93. The average Bonchev–Trinajstić information content (AvgIpc) is 3.07. The maximum Gasteiger partial charge on any atom is 0.254 e. The van der Waals surface area contributed by atoms with Crippen LogP contribution in [0, 0.1) is 5.82 Å². The van der Waals surface area contributed by atoms with Gasteiger partial charge in [0, 0.05) is 22.8 Å². The molecule has 1 saturated heterocycles. The van der Waals surface area contributed by atoms with Crippen molar-refractivity contribution in [3.05, 3.63) is 64.9 Å². The number of hydrogen-bond acceptors (Lipinski definition) is 2. The van der Waals surface area contributed by atoms with Crippen molar-refractivity contribution < 1.29 is 14.0 Å². The molecule has 0 spiro atoms. The lowest BCUT2D eigenvalue weighted by Crippen LogP contribution is -2.43. The van der Waals surface area contributed by atoms with Crippen molar-refractivity contribution in [3.8, 4) is 0 Å². The van der Waals surface area contributed by atoms with Crippen LogP contribution in [0.4, 0.5) is 10.1 Å². The van der Waals surface area contributed by atoms with Crippen molar-refractivity contribution >= 4 is 29.1 Å². The second kappa shape index (κ2) is 7.01. The first kappa shape index (κ1) is 16.5. The van der Waals surface area contributed by atoms with E-state index in [2.05, 4.69) is 5.32 Å². The normalized spacial score (nSPS) is 16.9. The van der Waals surface area contributed by atoms with Gasteiger partial charge in [-0.15, -0.1) is 0 Å². The number of nitrogens with zero attached hydrogens (tertiary/aromatic N) is 1. The van der Waals surface area contributed by atoms with E-state index in [9.17, 15) is 14.0 Å². The van der Waals surface area contributed by atoms with Gasteiger partial charge in [0.25, 0.3) is 5.91 Å². The highest BCUT2D eigenvalue weighted by Crippen LogP contribution is 2.22. The fourth-order valence-electron chi connectivity index (χ4n) is 2.80. The smallest absolute Gasteiger partial charge is 0.254 e. The van der Waals surface area contributed by atoms with Gasteiger partial charge in [-0.25, -0.2) is 4.39 Å². The minimum atomic E-state index is -0.529. The van der Waals surface area contributed by atoms with E-state index < -0.39 is 11.9 Å². The number of anilines is 1. The number of hydrogen-bond donors (Lipinski definition) is 1. The molecule has 6 heteroatoms. The Balaban J connectivity index is 1.72. The summed E-state index contributed by atoms with van der Waals surface area (Å²) in [5, 5.41) is 3.39. The van der Waals surface area contributed by atoms with Crippen LogP contribution in [0.15, 0.2) is 48.5 Å². The van der Waals surface area contributed by atoms with E-state index in [1.807, 2.05) is 0 Å². The molecule has 1 aliphatic heterocycles. The van der Waals surface area contributed by atoms with E-state index in [0.717, 1.165) is 6.42 Å². The zero-order valence-electron chi connectivity index (χ0n) is 12.8. The third-order valence-corrected chi connectivity index (χ3v) is 4.27. The van der Waals surface area contributed by atoms with Crippen molar-refractivity contribution in [1.29, 1.82) is 0 Å². The van der Waals surface area contributed by atoms with Crippen molar-refractivity contribution in [2.75, 3.05) is 11.9 Å². The molecule has 1 aliphatic rings. The summed E-state index contributed by atoms with van der Waals surface area (Å²) in [5.74, 6) is -0.890. The van der Waals surface area contributed by atoms with E-state index in [1.165, 1.54) is 24.3 Å². The molecular weight excluding hydrogens is 331 g/mol. The number of carbonyl (C=O) groups is 2. The number of likely N-dealkylation sites (tertiary alicyclic amines) is 1. The summed E-state index contributed by atoms with van der Waals surface area (Å²) in [5.41, 5.74) is 1.01. The number of rotatable bonds is 3. The minimum absolute atomic E-state index is 0.231. The van der Waals surface area contributed by atoms with Crippen LogP contribution in [-0.2, 0) is 4.79 Å². The number of nitrogens with one attached hydrogen (secondary N) is 1. The van der Waals surface area contributed by atoms with Gasteiger partial charge in [0.1, 0.15) is 11.9 Å². The second-order valence-electron chi connectivity index (χ2n) is 5.66. The molecule has 0 radical (unpaired) electrons. The molecule has 2 amide bonds. The Kier molecular flexibility index (Phi) is 4.81. The van der Waals surface area contributed by atoms with Crippen molar-refractivity contribution in [2.45, 2.75) is 18.9 Å². The Morgan fingerprint density at radius 2 is 1.75 bits per heavy atom. The number of benzene rings is 2. The summed E-state index contributed by atoms with van der Waals surface area (Å²) in [6, 6.07) is 11.6. The highest BCUT2D eigenvalue weighted by Gasteiger charge is 2.34. The van der Waals surface area contributed by atoms with Gasteiger partial charge >= 0.3 is 0 Å². The SMILES string of the molecule is O=C(Nc1ccc(Cl)cc1)C1CCCN1C(=O)c1ccc(F)cc1. The maximum absolute atomic E-state index is 13.0. The second-order valence-corrected chi connectivity index (χ2v) is 6.10. The third-order valence-electron chi connectivity index (χ3n) is 4.02. The van der Waals surface area contributed by atoms with Gasteiger partial charge in [0.05, 0.1) is 0 Å². The van der Waals surface area contributed by atoms with Crippen LogP contribution in [0.1, 0.15) is 23.2 Å². The van der Waals surface area contributed by atoms with E-state index in [4.69, 9.17) is 11.6 Å². The molecule has 1 heterocycles. The molecule has 124 valence electrons. The molecule has 1 N–H and O–H groups in total. The van der Waals surface area contributed by atoms with Crippen LogP contribution in [0.5, 0.6) is 0 Å². The predicted octanol–water partition coefficient (Wildman–Crippen LogP) is 3.72. The van der Waals surface area contributed by atoms with Gasteiger partial charge in [-0.3, -0.25) is 9.59 Å². The van der Waals surface area contributed by atoms with Crippen LogP contribution in [-0.4, -0.2) is 29.3 Å². The van der Waals surface area contributed by atoms with Crippen molar-refractivity contribution in [3.63, 3.8) is 0 Å². The number of halogens is 2. The Morgan fingerprint density at radius 1 is 1.08 bits per heavy atom. The molecule has 0 aromatic heterocycles. The zero-order valence-corrected chi connectivity index (χ0v) is 13.6. The quantitative estimate of drug-likeness (QED) is 0.920. The molecule has 0 aliphatic carbocycles. The summed E-state index contributed by atoms with van der Waals surface area (Å²) >= 11 is 5.83. The summed E-state index contributed by atoms with van der Waals surface area (Å²) in [6.07, 6.45) is 1.36. The molecule has 1 fully saturated rings. The fraction of sp³-hybridized carbons (Fsp3) is 0.222. The lowest BCUT2D eigenvalue weighted by atomic mass is 10.1. The average molecular weight is 347 g/mol. The first-order valence-corrected chi connectivity index (χ1v) is 8.05. The molecular formula is C18H16ClFN2O2. The monoisotopic (exact) mass is 346 g/mol. The van der Waals surface area contributed by atoms with Crippen LogP contribution >= 0.6 is 11.6 Å². The standard InChI is InChI=1S/C18H16ClFN2O2/c19-13-5-9-15(10-6-13)21-17(23)16-2-1-11-22(16)18(24)12-3-7-14(20)8-4-12/h3-10,16H,1-2,11H2,(H,21,23). The summed E-state index contributed by atoms with van der Waals surface area (Å²) < 4.78 is 13.0. The summed E-state index contributed by atoms with van der Waals surface area (Å²) in [4.78, 5) is 26.6. The van der Waals surface area contributed by atoms with E-state index >= 15 is 0 Å². The molecule has 3 rings (SSSR count). The summed E-state index contributed by atoms with van der Waals surface area (Å²) in [7, 11) is 0. The Hall–Kier alpha value is -2.40. The third kappa shape index (κ3) is 3.57. The summed E-state index contributed by atoms with van der Waals surface area (Å²) in [6.45, 7) is 0.509. The molecule has 1 atom stereocenters. The molecule has 2 aromatic carbocycles. The number of amides is 2. The van der Waals surface area contributed by atoms with E-state index in [1.54, 1.807) is 29.2 Å². The van der Waals surface area contributed by atoms with Crippen molar-refractivity contribution in [2.24, 2.45) is 0 Å². The first-order valence-electron chi connectivity index (χ1n) is 7.67. The Bertz CT molecular complexity index is 747. The Labute approximate surface area is 144 Å². The maximum atomic E-state index is 13.0. The van der Waals surface area contributed by atoms with Crippen LogP contribution in [0.3, 0.4) is 0 Å². The topological polar surface area (TPSA) is 49.4 Å². The molecule has 1 unspecified atom stereocenters. The Morgan fingerprint density at radius 3 is 2.42 bits per heavy atom. The van der Waals surface area contributed by atoms with Gasteiger partial charge in [-0.05, 0) is 61.4 Å². The first-order chi connectivity index (χ1) is 11.5. The largest absolute Gasteiger partial charge is 0.327 e. The lowest BCUT2D eigenvalue weighted by molar-refractivity contribution is -0.119. The molecule has 0 bridgehead atoms. The molecule has 4 nitrogen and oxygen atoms in total. The molecule has 2 aromatic rings. The van der Waals surface area contributed by atoms with Gasteiger partial charge in [-0.1, -0.05) is 11.6 Å². The van der Waals surface area contributed by atoms with Crippen LogP contribution in [0.25, 0.3) is 0 Å². The lowest BCUT2D eigenvalue weighted by Gasteiger charge is -2.24. The van der Waals surface area contributed by atoms with Gasteiger partial charge < -0.3 is 10.2 Å². The van der Waals surface area contributed by atoms with Crippen LogP contribution in [0.2, 0.25) is 5.02 Å². The van der Waals surface area contributed by atoms with E-state index in [-0.39, 0.29) is 11.8 Å². The molecule has 0 saturated carbocycles. The van der Waals surface area contributed by atoms with E-state index in [0.29, 0.717) is 29.2 Å². The predicted molar refractivity (Wildman–Crippen MR) is 90.5 cm³/mol. The van der Waals surface area contributed by atoms with Gasteiger partial charge in [-0.2, -0.15) is 0 Å². The van der Waals surface area contributed by atoms with Gasteiger partial charge in [0.2, 0.25) is 5.91 Å². The van der Waals surface area contributed by atoms with Crippen LogP contribution < -0.4 is 5.32 Å². The molecule has 24 heavy (non-hydrogen) atoms. The highest BCUT2D eigenvalue weighted by molar-refractivity contribution is 6.30. The van der Waals surface area contributed by atoms with Gasteiger partial charge in [0.15, 0.2) is 0 Å². The minimum Gasteiger partial charge on any atom is -0.327 e. The van der Waals surface area contributed by atoms with Crippen molar-refractivity contribution in [1.82, 2.24) is 4.90 Å².